The number of hydrogen-bond acceptors (Lipinski definition) is 6. The van der Waals surface area contributed by atoms with Crippen molar-refractivity contribution in [3.05, 3.63) is 30.3 Å². The van der Waals surface area contributed by atoms with Crippen molar-refractivity contribution in [2.45, 2.75) is 51.7 Å². The largest absolute Gasteiger partial charge is 0.489 e. The summed E-state index contributed by atoms with van der Waals surface area (Å²) in [5.74, 6) is 1.76. The third-order valence-corrected chi connectivity index (χ3v) is 6.20. The molecule has 0 spiro atoms. The number of pyridine rings is 1. The minimum atomic E-state index is -0.463. The van der Waals surface area contributed by atoms with Crippen LogP contribution < -0.4 is 14.8 Å². The van der Waals surface area contributed by atoms with Crippen LogP contribution in [0, 0.1) is 5.92 Å². The van der Waals surface area contributed by atoms with Gasteiger partial charge in [0.15, 0.2) is 0 Å². The maximum Gasteiger partial charge on any atom is 0.413 e. The Labute approximate surface area is 184 Å². The number of fused-ring (bicyclic) bond motifs is 1. The zero-order valence-corrected chi connectivity index (χ0v) is 18.5. The number of carbonyl (C=O) groups is 1. The monoisotopic (exact) mass is 427 g/mol. The van der Waals surface area contributed by atoms with Gasteiger partial charge < -0.3 is 19.5 Å². The topological polar surface area (TPSA) is 72.9 Å². The molecular weight excluding hydrogens is 394 g/mol. The number of aromatic nitrogens is 1. The van der Waals surface area contributed by atoms with Crippen LogP contribution in [0.15, 0.2) is 30.3 Å². The molecule has 1 amide bonds. The minimum Gasteiger partial charge on any atom is -0.489 e. The fourth-order valence-electron chi connectivity index (χ4n) is 4.27. The predicted octanol–water partition coefficient (Wildman–Crippen LogP) is 4.00. The molecule has 0 radical (unpaired) electrons. The Hall–Kier alpha value is -2.38. The van der Waals surface area contributed by atoms with Crippen LogP contribution in [0.4, 0.5) is 4.79 Å². The van der Waals surface area contributed by atoms with E-state index in [2.05, 4.69) is 29.0 Å². The Morgan fingerprint density at radius 2 is 2.06 bits per heavy atom. The molecule has 0 bridgehead atoms. The number of rotatable bonds is 7. The van der Waals surface area contributed by atoms with Gasteiger partial charge in [-0.25, -0.2) is 9.78 Å². The third-order valence-electron chi connectivity index (χ3n) is 6.20. The molecular formula is C24H33N3O4. The Balaban J connectivity index is 1.28. The quantitative estimate of drug-likeness (QED) is 0.720. The second-order valence-electron chi connectivity index (χ2n) is 8.78. The first-order valence-corrected chi connectivity index (χ1v) is 11.4. The Kier molecular flexibility index (Phi) is 7.25. The Bertz CT molecular complexity index is 882. The molecule has 168 valence electrons. The highest BCUT2D eigenvalue weighted by Gasteiger charge is 2.25. The Morgan fingerprint density at radius 3 is 2.84 bits per heavy atom. The average molecular weight is 428 g/mol. The number of likely N-dealkylation sites (tertiary alicyclic amines) is 1. The fourth-order valence-corrected chi connectivity index (χ4v) is 4.27. The number of nitrogens with one attached hydrogen (secondary N) is 1. The molecule has 2 saturated heterocycles. The van der Waals surface area contributed by atoms with Crippen LogP contribution in [-0.2, 0) is 4.74 Å². The summed E-state index contributed by atoms with van der Waals surface area (Å²) in [5.41, 5.74) is 0.773. The summed E-state index contributed by atoms with van der Waals surface area (Å²) in [6.45, 7) is 8.72. The predicted molar refractivity (Wildman–Crippen MR) is 120 cm³/mol. The van der Waals surface area contributed by atoms with Gasteiger partial charge in [-0.1, -0.05) is 0 Å². The number of hydrogen-bond donors (Lipinski definition) is 1. The maximum absolute atomic E-state index is 12.1. The zero-order chi connectivity index (χ0) is 21.6. The second kappa shape index (κ2) is 10.3. The summed E-state index contributed by atoms with van der Waals surface area (Å²) in [7, 11) is 0. The van der Waals surface area contributed by atoms with Crippen LogP contribution in [-0.4, -0.2) is 61.0 Å². The summed E-state index contributed by atoms with van der Waals surface area (Å²) in [5, 5.41) is 3.78. The highest BCUT2D eigenvalue weighted by atomic mass is 16.6. The zero-order valence-electron chi connectivity index (χ0n) is 18.5. The lowest BCUT2D eigenvalue weighted by atomic mass is 9.97. The highest BCUT2D eigenvalue weighted by molar-refractivity contribution is 5.81. The van der Waals surface area contributed by atoms with E-state index in [1.807, 2.05) is 24.3 Å². The van der Waals surface area contributed by atoms with Crippen molar-refractivity contribution in [3.63, 3.8) is 0 Å². The van der Waals surface area contributed by atoms with Crippen LogP contribution in [0.2, 0.25) is 0 Å². The smallest absolute Gasteiger partial charge is 0.413 e. The van der Waals surface area contributed by atoms with Gasteiger partial charge in [0.2, 0.25) is 5.88 Å². The van der Waals surface area contributed by atoms with Crippen molar-refractivity contribution in [2.24, 2.45) is 5.92 Å². The van der Waals surface area contributed by atoms with E-state index in [0.29, 0.717) is 24.4 Å². The third kappa shape index (κ3) is 6.08. The first-order chi connectivity index (χ1) is 15.1. The molecule has 2 fully saturated rings. The van der Waals surface area contributed by atoms with Crippen molar-refractivity contribution in [3.8, 4) is 11.6 Å². The van der Waals surface area contributed by atoms with Crippen molar-refractivity contribution in [1.82, 2.24) is 15.2 Å². The molecule has 1 N–H and O–H groups in total. The molecule has 2 aromatic rings. The molecule has 7 heteroatoms. The van der Waals surface area contributed by atoms with E-state index in [0.717, 1.165) is 68.6 Å². The van der Waals surface area contributed by atoms with Gasteiger partial charge in [-0.3, -0.25) is 4.90 Å². The van der Waals surface area contributed by atoms with E-state index in [-0.39, 0.29) is 6.10 Å². The van der Waals surface area contributed by atoms with E-state index in [1.54, 1.807) is 6.07 Å². The fraction of sp³-hybridized carbons (Fsp3) is 0.583. The summed E-state index contributed by atoms with van der Waals surface area (Å²) < 4.78 is 16.9. The summed E-state index contributed by atoms with van der Waals surface area (Å²) >= 11 is 0. The molecule has 1 aromatic carbocycles. The average Bonchev–Trinajstić information content (AvgIpc) is 3.23. The molecule has 3 heterocycles. The van der Waals surface area contributed by atoms with Gasteiger partial charge in [0.1, 0.15) is 11.9 Å². The normalized spacial score (nSPS) is 20.3. The van der Waals surface area contributed by atoms with E-state index in [4.69, 9.17) is 14.2 Å². The number of ether oxygens (including phenoxy) is 3. The second-order valence-corrected chi connectivity index (χ2v) is 8.78. The molecule has 31 heavy (non-hydrogen) atoms. The van der Waals surface area contributed by atoms with Gasteiger partial charge in [0, 0.05) is 50.3 Å². The molecule has 1 atom stereocenters. The lowest BCUT2D eigenvalue weighted by Crippen LogP contribution is -2.30. The first-order valence-electron chi connectivity index (χ1n) is 11.4. The number of nitrogens with zero attached hydrogens (tertiary/aromatic N) is 2. The van der Waals surface area contributed by atoms with E-state index in [9.17, 15) is 4.79 Å². The van der Waals surface area contributed by atoms with E-state index >= 15 is 0 Å². The summed E-state index contributed by atoms with van der Waals surface area (Å²) in [4.78, 5) is 19.0. The van der Waals surface area contributed by atoms with Crippen LogP contribution in [0.5, 0.6) is 11.6 Å². The van der Waals surface area contributed by atoms with Gasteiger partial charge in [-0.2, -0.15) is 0 Å². The molecule has 0 saturated carbocycles. The summed E-state index contributed by atoms with van der Waals surface area (Å²) in [6, 6.07) is 10.0. The Morgan fingerprint density at radius 1 is 1.23 bits per heavy atom. The van der Waals surface area contributed by atoms with Crippen molar-refractivity contribution >= 4 is 17.0 Å². The maximum atomic E-state index is 12.1. The van der Waals surface area contributed by atoms with Gasteiger partial charge in [-0.15, -0.1) is 0 Å². The lowest BCUT2D eigenvalue weighted by Gasteiger charge is -2.21. The number of benzene rings is 1. The minimum absolute atomic E-state index is 0.222. The first kappa shape index (κ1) is 21.8. The number of carbonyl (C=O) groups excluding carboxylic acids is 1. The molecule has 1 aromatic heterocycles. The summed E-state index contributed by atoms with van der Waals surface area (Å²) in [6.07, 6.45) is 3.87. The van der Waals surface area contributed by atoms with Crippen molar-refractivity contribution < 1.29 is 19.0 Å². The van der Waals surface area contributed by atoms with Crippen molar-refractivity contribution in [2.75, 3.05) is 32.8 Å². The SMILES string of the molecule is CC(C)N1CCC(Oc2ccc3nc(OC(=O)NCCC4CCOCC4)ccc3c2)C1. The molecule has 2 aliphatic rings. The molecule has 2 aliphatic heterocycles. The van der Waals surface area contributed by atoms with Gasteiger partial charge in [0.25, 0.3) is 0 Å². The van der Waals surface area contributed by atoms with Crippen LogP contribution in [0.25, 0.3) is 10.9 Å². The van der Waals surface area contributed by atoms with E-state index in [1.165, 1.54) is 0 Å². The lowest BCUT2D eigenvalue weighted by molar-refractivity contribution is 0.0640. The van der Waals surface area contributed by atoms with Gasteiger partial charge >= 0.3 is 6.09 Å². The number of amides is 1. The van der Waals surface area contributed by atoms with Gasteiger partial charge in [0.05, 0.1) is 5.52 Å². The standard InChI is InChI=1S/C24H33N3O4/c1-17(2)27-12-8-21(16-27)30-20-4-5-22-19(15-20)3-6-23(26-22)31-24(28)25-11-7-18-9-13-29-14-10-18/h3-6,15,17-18,21H,7-14,16H2,1-2H3,(H,25,28). The molecule has 4 rings (SSSR count). The van der Waals surface area contributed by atoms with Gasteiger partial charge in [-0.05, 0) is 69.7 Å². The van der Waals surface area contributed by atoms with E-state index < -0.39 is 6.09 Å². The molecule has 7 nitrogen and oxygen atoms in total. The molecule has 1 unspecified atom stereocenters. The molecule has 0 aliphatic carbocycles. The van der Waals surface area contributed by atoms with Crippen molar-refractivity contribution in [1.29, 1.82) is 0 Å². The van der Waals surface area contributed by atoms with Crippen LogP contribution >= 0.6 is 0 Å². The van der Waals surface area contributed by atoms with Crippen LogP contribution in [0.3, 0.4) is 0 Å². The van der Waals surface area contributed by atoms with Crippen LogP contribution in [0.1, 0.15) is 39.5 Å². The highest BCUT2D eigenvalue weighted by Crippen LogP contribution is 2.25.